The van der Waals surface area contributed by atoms with Crippen molar-refractivity contribution >= 4 is 23.9 Å². The van der Waals surface area contributed by atoms with E-state index in [2.05, 4.69) is 9.78 Å². The van der Waals surface area contributed by atoms with Crippen LogP contribution in [0.4, 0.5) is 0 Å². The van der Waals surface area contributed by atoms with E-state index in [4.69, 9.17) is 9.84 Å². The molecule has 1 unspecified atom stereocenters. The summed E-state index contributed by atoms with van der Waals surface area (Å²) in [5.74, 6) is -3.97. The number of carbonyl (C=O) groups excluding carboxylic acids is 3. The first-order valence-electron chi connectivity index (χ1n) is 6.43. The first kappa shape index (κ1) is 15.5. The average molecular weight is 308 g/mol. The number of carboxylic acids is 1. The van der Waals surface area contributed by atoms with Gasteiger partial charge in [0.25, 0.3) is 0 Å². The molecule has 0 saturated carbocycles. The van der Waals surface area contributed by atoms with Gasteiger partial charge in [-0.2, -0.15) is 0 Å². The average Bonchev–Trinajstić information content (AvgIpc) is 2.51. The molecule has 1 aromatic rings. The molecular weight excluding hydrogens is 296 g/mol. The third-order valence-electron chi connectivity index (χ3n) is 2.92. The zero-order valence-corrected chi connectivity index (χ0v) is 11.3. The van der Waals surface area contributed by atoms with Crippen LogP contribution in [0.1, 0.15) is 40.0 Å². The van der Waals surface area contributed by atoms with Crippen molar-refractivity contribution in [3.05, 3.63) is 35.4 Å². The number of ether oxygens (including phenoxy) is 1. The summed E-state index contributed by atoms with van der Waals surface area (Å²) in [4.78, 5) is 54.7. The van der Waals surface area contributed by atoms with Crippen LogP contribution in [0.3, 0.4) is 0 Å². The zero-order chi connectivity index (χ0) is 16.1. The summed E-state index contributed by atoms with van der Waals surface area (Å²) in [6.07, 6.45) is -1.53. The topological polar surface area (TPSA) is 116 Å². The largest absolute Gasteiger partial charge is 0.479 e. The monoisotopic (exact) mass is 308 g/mol. The Morgan fingerprint density at radius 3 is 2.45 bits per heavy atom. The van der Waals surface area contributed by atoms with Crippen LogP contribution < -0.4 is 0 Å². The lowest BCUT2D eigenvalue weighted by Gasteiger charge is -2.13. The first-order valence-corrected chi connectivity index (χ1v) is 6.43. The minimum absolute atomic E-state index is 0.00808. The van der Waals surface area contributed by atoms with Gasteiger partial charge in [0.2, 0.25) is 0 Å². The minimum atomic E-state index is -1.39. The van der Waals surface area contributed by atoms with Gasteiger partial charge in [-0.1, -0.05) is 6.07 Å². The van der Waals surface area contributed by atoms with Crippen molar-refractivity contribution in [2.24, 2.45) is 0 Å². The molecule has 0 radical (unpaired) electrons. The Morgan fingerprint density at radius 2 is 1.77 bits per heavy atom. The number of hydrogen-bond acceptors (Lipinski definition) is 7. The molecule has 0 aliphatic carbocycles. The normalized spacial score (nSPS) is 19.6. The molecule has 1 atom stereocenters. The number of carbonyl (C=O) groups is 4. The molecule has 2 rings (SSSR count). The van der Waals surface area contributed by atoms with Gasteiger partial charge >= 0.3 is 23.9 Å². The predicted octanol–water partition coefficient (Wildman–Crippen LogP) is 1.10. The number of benzene rings is 1. The molecule has 1 aliphatic heterocycles. The van der Waals surface area contributed by atoms with Gasteiger partial charge in [-0.3, -0.25) is 0 Å². The van der Waals surface area contributed by atoms with Gasteiger partial charge in [-0.05, 0) is 31.0 Å². The number of aliphatic carboxylic acids is 1. The lowest BCUT2D eigenvalue weighted by atomic mass is 10.1. The number of cyclic esters (lactones) is 1. The van der Waals surface area contributed by atoms with Gasteiger partial charge in [0.05, 0.1) is 17.5 Å². The molecule has 0 amide bonds. The van der Waals surface area contributed by atoms with Crippen molar-refractivity contribution in [3.8, 4) is 0 Å². The summed E-state index contributed by atoms with van der Waals surface area (Å²) in [7, 11) is 0. The van der Waals surface area contributed by atoms with Gasteiger partial charge in [0.1, 0.15) is 0 Å². The number of fused-ring (bicyclic) bond motifs is 2. The maximum Gasteiger partial charge on any atom is 0.386 e. The van der Waals surface area contributed by atoms with E-state index < -0.39 is 30.0 Å². The highest BCUT2D eigenvalue weighted by atomic mass is 17.2. The highest BCUT2D eigenvalue weighted by molar-refractivity contribution is 5.96. The molecule has 1 heterocycles. The lowest BCUT2D eigenvalue weighted by Crippen LogP contribution is -2.27. The number of carboxylic acid groups (broad SMARTS) is 1. The smallest absolute Gasteiger partial charge is 0.386 e. The van der Waals surface area contributed by atoms with Crippen LogP contribution in [0.5, 0.6) is 0 Å². The summed E-state index contributed by atoms with van der Waals surface area (Å²) in [5, 5.41) is 9.03. The van der Waals surface area contributed by atoms with Crippen molar-refractivity contribution in [1.82, 2.24) is 0 Å². The van der Waals surface area contributed by atoms with Crippen molar-refractivity contribution in [2.75, 3.05) is 0 Å². The third kappa shape index (κ3) is 3.81. The molecule has 1 aliphatic rings. The van der Waals surface area contributed by atoms with Crippen LogP contribution in [0.2, 0.25) is 0 Å². The molecule has 0 fully saturated rings. The minimum Gasteiger partial charge on any atom is -0.479 e. The van der Waals surface area contributed by atoms with E-state index in [0.29, 0.717) is 0 Å². The summed E-state index contributed by atoms with van der Waals surface area (Å²) >= 11 is 0. The lowest BCUT2D eigenvalue weighted by molar-refractivity contribution is -0.234. The van der Waals surface area contributed by atoms with Gasteiger partial charge < -0.3 is 9.84 Å². The fourth-order valence-electron chi connectivity index (χ4n) is 1.81. The SMILES string of the molecule is O=C1CCCC(C(=O)O)OC(=O)c2cccc(c2)C(=O)OO1. The van der Waals surface area contributed by atoms with E-state index in [9.17, 15) is 19.2 Å². The zero-order valence-electron chi connectivity index (χ0n) is 11.3. The molecule has 0 spiro atoms. The van der Waals surface area contributed by atoms with E-state index >= 15 is 0 Å². The van der Waals surface area contributed by atoms with Crippen molar-refractivity contribution < 1.29 is 38.8 Å². The quantitative estimate of drug-likeness (QED) is 0.605. The van der Waals surface area contributed by atoms with Crippen molar-refractivity contribution in [2.45, 2.75) is 25.4 Å². The number of hydrogen-bond donors (Lipinski definition) is 1. The molecule has 22 heavy (non-hydrogen) atoms. The second-order valence-corrected chi connectivity index (χ2v) is 4.53. The third-order valence-corrected chi connectivity index (χ3v) is 2.92. The van der Waals surface area contributed by atoms with E-state index in [1.807, 2.05) is 0 Å². The van der Waals surface area contributed by atoms with Crippen molar-refractivity contribution in [1.29, 1.82) is 0 Å². The second kappa shape index (κ2) is 6.70. The fraction of sp³-hybridized carbons (Fsp3) is 0.286. The van der Waals surface area contributed by atoms with E-state index in [-0.39, 0.29) is 30.4 Å². The van der Waals surface area contributed by atoms with Crippen LogP contribution in [0.15, 0.2) is 24.3 Å². The summed E-state index contributed by atoms with van der Waals surface area (Å²) in [6.45, 7) is 0. The second-order valence-electron chi connectivity index (χ2n) is 4.53. The summed E-state index contributed by atoms with van der Waals surface area (Å²) in [6, 6.07) is 5.27. The highest BCUT2D eigenvalue weighted by Crippen LogP contribution is 2.14. The molecule has 8 nitrogen and oxygen atoms in total. The Bertz CT molecular complexity index is 621. The molecule has 0 saturated heterocycles. The van der Waals surface area contributed by atoms with E-state index in [1.54, 1.807) is 0 Å². The highest BCUT2D eigenvalue weighted by Gasteiger charge is 2.25. The van der Waals surface area contributed by atoms with E-state index in [0.717, 1.165) is 6.07 Å². The van der Waals surface area contributed by atoms with Crippen LogP contribution in [0.25, 0.3) is 0 Å². The van der Waals surface area contributed by atoms with Gasteiger partial charge in [0, 0.05) is 0 Å². The Hall–Kier alpha value is -2.90. The Balaban J connectivity index is 2.29. The molecule has 1 N–H and O–H groups in total. The molecule has 1 aromatic carbocycles. The molecule has 2 bridgehead atoms. The Kier molecular flexibility index (Phi) is 4.72. The van der Waals surface area contributed by atoms with Crippen LogP contribution in [-0.2, 0) is 24.1 Å². The van der Waals surface area contributed by atoms with Gasteiger partial charge in [0.15, 0.2) is 6.10 Å². The van der Waals surface area contributed by atoms with Crippen LogP contribution in [-0.4, -0.2) is 35.1 Å². The summed E-state index contributed by atoms with van der Waals surface area (Å²) < 4.78 is 4.89. The Labute approximate surface area is 124 Å². The summed E-state index contributed by atoms with van der Waals surface area (Å²) in [5.41, 5.74) is -0.0420. The Morgan fingerprint density at radius 1 is 1.09 bits per heavy atom. The van der Waals surface area contributed by atoms with E-state index in [1.165, 1.54) is 18.2 Å². The first-order chi connectivity index (χ1) is 10.5. The maximum absolute atomic E-state index is 11.9. The standard InChI is InChI=1S/C14H12O8/c15-11-6-2-5-10(12(16)17)20-13(18)8-3-1-4-9(7-8)14(19)22-21-11/h1,3-4,7,10H,2,5-6H2,(H,16,17). The number of rotatable bonds is 1. The predicted molar refractivity (Wildman–Crippen MR) is 68.6 cm³/mol. The molecular formula is C14H12O8. The molecule has 8 heteroatoms. The van der Waals surface area contributed by atoms with Gasteiger partial charge in [-0.15, -0.1) is 0 Å². The van der Waals surface area contributed by atoms with Crippen LogP contribution >= 0.6 is 0 Å². The maximum atomic E-state index is 11.9. The van der Waals surface area contributed by atoms with Crippen molar-refractivity contribution in [3.63, 3.8) is 0 Å². The molecule has 116 valence electrons. The van der Waals surface area contributed by atoms with Crippen LogP contribution in [0, 0.1) is 0 Å². The van der Waals surface area contributed by atoms with Gasteiger partial charge in [-0.25, -0.2) is 29.0 Å². The molecule has 0 aromatic heterocycles. The fourth-order valence-corrected chi connectivity index (χ4v) is 1.81. The number of esters is 1.